The molecule has 0 atom stereocenters. The number of nitrogens with one attached hydrogen (secondary N) is 1. The van der Waals surface area contributed by atoms with Crippen LogP contribution in [-0.2, 0) is 16.1 Å². The number of rotatable bonds is 6. The van der Waals surface area contributed by atoms with E-state index in [-0.39, 0.29) is 18.3 Å². The molecule has 6 nitrogen and oxygen atoms in total. The third-order valence-electron chi connectivity index (χ3n) is 4.14. The average molecular weight is 356 g/mol. The molecule has 1 aromatic carbocycles. The Morgan fingerprint density at radius 3 is 2.58 bits per heavy atom. The number of benzene rings is 1. The van der Waals surface area contributed by atoms with Gasteiger partial charge in [-0.15, -0.1) is 0 Å². The molecule has 0 saturated carbocycles. The largest absolute Gasteiger partial charge is 0.508 e. The summed E-state index contributed by atoms with van der Waals surface area (Å²) >= 11 is 0. The third-order valence-corrected chi connectivity index (χ3v) is 4.14. The van der Waals surface area contributed by atoms with Crippen molar-refractivity contribution in [2.24, 2.45) is 0 Å². The minimum Gasteiger partial charge on any atom is -0.508 e. The second kappa shape index (κ2) is 8.38. The first kappa shape index (κ1) is 19.3. The van der Waals surface area contributed by atoms with Crippen molar-refractivity contribution in [1.29, 1.82) is 0 Å². The number of aromatic hydroxyl groups is 1. The van der Waals surface area contributed by atoms with E-state index in [4.69, 9.17) is 4.74 Å². The molecule has 0 aliphatic rings. The minimum atomic E-state index is -0.395. The summed E-state index contributed by atoms with van der Waals surface area (Å²) < 4.78 is 7.18. The van der Waals surface area contributed by atoms with Gasteiger partial charge in [0.2, 0.25) is 5.91 Å². The summed E-state index contributed by atoms with van der Waals surface area (Å²) in [6, 6.07) is 6.30. The van der Waals surface area contributed by atoms with Crippen molar-refractivity contribution in [2.45, 2.75) is 34.2 Å². The van der Waals surface area contributed by atoms with Crippen LogP contribution in [-0.4, -0.2) is 28.2 Å². The fourth-order valence-corrected chi connectivity index (χ4v) is 2.97. The zero-order valence-corrected chi connectivity index (χ0v) is 15.5. The molecule has 0 aliphatic carbocycles. The Bertz CT molecular complexity index is 850. The lowest BCUT2D eigenvalue weighted by atomic mass is 10.1. The number of phenols is 1. The number of ether oxygens (including phenoxy) is 1. The van der Waals surface area contributed by atoms with Crippen LogP contribution < -0.4 is 5.32 Å². The standard InChI is InChI=1S/C20H24N2O4/c1-5-22-13(3)17(19(14(22)4)20(25)26-6-2)10-11-18(24)21-15-8-7-9-16(23)12-15/h7-12,23H,5-6H2,1-4H3,(H,21,24)/b11-10+. The van der Waals surface area contributed by atoms with Crippen molar-refractivity contribution in [2.75, 3.05) is 11.9 Å². The molecule has 0 unspecified atom stereocenters. The summed E-state index contributed by atoms with van der Waals surface area (Å²) in [4.78, 5) is 24.5. The van der Waals surface area contributed by atoms with Crippen LogP contribution in [0.2, 0.25) is 0 Å². The van der Waals surface area contributed by atoms with E-state index in [9.17, 15) is 14.7 Å². The highest BCUT2D eigenvalue weighted by molar-refractivity contribution is 6.04. The Hall–Kier alpha value is -3.02. The summed E-state index contributed by atoms with van der Waals surface area (Å²) in [7, 11) is 0. The number of carbonyl (C=O) groups excluding carboxylic acids is 2. The maximum Gasteiger partial charge on any atom is 0.340 e. The molecule has 0 saturated heterocycles. The van der Waals surface area contributed by atoms with Gasteiger partial charge in [-0.3, -0.25) is 4.79 Å². The molecule has 0 spiro atoms. The summed E-state index contributed by atoms with van der Waals surface area (Å²) in [5.41, 5.74) is 3.36. The van der Waals surface area contributed by atoms with E-state index in [0.717, 1.165) is 11.4 Å². The predicted molar refractivity (Wildman–Crippen MR) is 101 cm³/mol. The molecule has 0 radical (unpaired) electrons. The number of phenolic OH excluding ortho intramolecular Hbond substituents is 1. The van der Waals surface area contributed by atoms with Crippen molar-refractivity contribution in [3.8, 4) is 5.75 Å². The zero-order valence-electron chi connectivity index (χ0n) is 15.5. The maximum atomic E-state index is 12.3. The SMILES string of the molecule is CCOC(=O)c1c(/C=C/C(=O)Nc2cccc(O)c2)c(C)n(CC)c1C. The second-order valence-corrected chi connectivity index (χ2v) is 5.80. The summed E-state index contributed by atoms with van der Waals surface area (Å²) in [6.45, 7) is 8.54. The van der Waals surface area contributed by atoms with Gasteiger partial charge in [-0.1, -0.05) is 6.07 Å². The third kappa shape index (κ3) is 4.14. The highest BCUT2D eigenvalue weighted by Crippen LogP contribution is 2.25. The molecule has 2 aromatic rings. The number of aromatic nitrogens is 1. The average Bonchev–Trinajstić information content (AvgIpc) is 2.82. The van der Waals surface area contributed by atoms with Crippen LogP contribution in [0.15, 0.2) is 30.3 Å². The van der Waals surface area contributed by atoms with Crippen molar-refractivity contribution >= 4 is 23.6 Å². The minimum absolute atomic E-state index is 0.0721. The predicted octanol–water partition coefficient (Wildman–Crippen LogP) is 3.66. The van der Waals surface area contributed by atoms with E-state index in [1.807, 2.05) is 25.3 Å². The van der Waals surface area contributed by atoms with Gasteiger partial charge in [0.1, 0.15) is 5.75 Å². The van der Waals surface area contributed by atoms with Crippen LogP contribution >= 0.6 is 0 Å². The Morgan fingerprint density at radius 2 is 1.96 bits per heavy atom. The smallest absolute Gasteiger partial charge is 0.340 e. The number of anilines is 1. The molecular formula is C20H24N2O4. The second-order valence-electron chi connectivity index (χ2n) is 5.80. The van der Waals surface area contributed by atoms with Crippen LogP contribution in [0, 0.1) is 13.8 Å². The maximum absolute atomic E-state index is 12.3. The number of nitrogens with zero attached hydrogens (tertiary/aromatic N) is 1. The van der Waals surface area contributed by atoms with Gasteiger partial charge in [0.05, 0.1) is 12.2 Å². The number of hydrogen-bond donors (Lipinski definition) is 2. The van der Waals surface area contributed by atoms with Crippen LogP contribution in [0.4, 0.5) is 5.69 Å². The normalized spacial score (nSPS) is 10.9. The van der Waals surface area contributed by atoms with Gasteiger partial charge in [-0.25, -0.2) is 4.79 Å². The summed E-state index contributed by atoms with van der Waals surface area (Å²) in [5, 5.41) is 12.1. The molecule has 1 heterocycles. The van der Waals surface area contributed by atoms with Crippen molar-refractivity contribution < 1.29 is 19.4 Å². The fraction of sp³-hybridized carbons (Fsp3) is 0.300. The van der Waals surface area contributed by atoms with E-state index in [1.165, 1.54) is 18.2 Å². The highest BCUT2D eigenvalue weighted by atomic mass is 16.5. The van der Waals surface area contributed by atoms with E-state index in [0.29, 0.717) is 23.4 Å². The molecule has 2 rings (SSSR count). The van der Waals surface area contributed by atoms with Crippen LogP contribution in [0.1, 0.15) is 41.2 Å². The number of carbonyl (C=O) groups is 2. The molecule has 2 N–H and O–H groups in total. The van der Waals surface area contributed by atoms with Crippen molar-refractivity contribution in [3.63, 3.8) is 0 Å². The Labute approximate surface area is 153 Å². The van der Waals surface area contributed by atoms with E-state index in [2.05, 4.69) is 5.32 Å². The molecule has 1 aromatic heterocycles. The number of amides is 1. The molecule has 138 valence electrons. The van der Waals surface area contributed by atoms with Gasteiger partial charge in [0.25, 0.3) is 0 Å². The lowest BCUT2D eigenvalue weighted by Crippen LogP contribution is -2.09. The van der Waals surface area contributed by atoms with Gasteiger partial charge in [0.15, 0.2) is 0 Å². The van der Waals surface area contributed by atoms with Gasteiger partial charge < -0.3 is 19.7 Å². The van der Waals surface area contributed by atoms with Gasteiger partial charge in [-0.05, 0) is 45.9 Å². The Balaban J connectivity index is 2.31. The van der Waals surface area contributed by atoms with E-state index >= 15 is 0 Å². The van der Waals surface area contributed by atoms with Crippen LogP contribution in [0.5, 0.6) is 5.75 Å². The first-order valence-electron chi connectivity index (χ1n) is 8.53. The first-order chi connectivity index (χ1) is 12.4. The molecule has 0 aliphatic heterocycles. The zero-order chi connectivity index (χ0) is 19.3. The monoisotopic (exact) mass is 356 g/mol. The Kier molecular flexibility index (Phi) is 6.22. The molecule has 1 amide bonds. The van der Waals surface area contributed by atoms with E-state index in [1.54, 1.807) is 25.1 Å². The van der Waals surface area contributed by atoms with Crippen LogP contribution in [0.25, 0.3) is 6.08 Å². The number of hydrogen-bond acceptors (Lipinski definition) is 4. The summed E-state index contributed by atoms with van der Waals surface area (Å²) in [5.74, 6) is -0.678. The lowest BCUT2D eigenvalue weighted by Gasteiger charge is -2.05. The topological polar surface area (TPSA) is 80.6 Å². The molecule has 26 heavy (non-hydrogen) atoms. The van der Waals surface area contributed by atoms with E-state index < -0.39 is 5.97 Å². The van der Waals surface area contributed by atoms with Gasteiger partial charge >= 0.3 is 5.97 Å². The quantitative estimate of drug-likeness (QED) is 0.611. The molecule has 0 fully saturated rings. The lowest BCUT2D eigenvalue weighted by molar-refractivity contribution is -0.111. The van der Waals surface area contributed by atoms with Gasteiger partial charge in [0, 0.05) is 41.3 Å². The van der Waals surface area contributed by atoms with Gasteiger partial charge in [-0.2, -0.15) is 0 Å². The molecule has 6 heteroatoms. The molecule has 0 bridgehead atoms. The summed E-state index contributed by atoms with van der Waals surface area (Å²) in [6.07, 6.45) is 2.99. The first-order valence-corrected chi connectivity index (χ1v) is 8.53. The fourth-order valence-electron chi connectivity index (χ4n) is 2.97. The molecular weight excluding hydrogens is 332 g/mol. The Morgan fingerprint density at radius 1 is 1.23 bits per heavy atom. The van der Waals surface area contributed by atoms with Crippen LogP contribution in [0.3, 0.4) is 0 Å². The van der Waals surface area contributed by atoms with Crippen molar-refractivity contribution in [1.82, 2.24) is 4.57 Å². The number of esters is 1. The van der Waals surface area contributed by atoms with Crippen molar-refractivity contribution in [3.05, 3.63) is 52.9 Å². The highest BCUT2D eigenvalue weighted by Gasteiger charge is 2.22.